The van der Waals surface area contributed by atoms with E-state index in [1.54, 1.807) is 24.3 Å². The Balaban J connectivity index is 0.00000280. The van der Waals surface area contributed by atoms with Gasteiger partial charge in [0.2, 0.25) is 5.91 Å². The predicted molar refractivity (Wildman–Crippen MR) is 115 cm³/mol. The summed E-state index contributed by atoms with van der Waals surface area (Å²) in [5.74, 6) is -0.0206. The minimum absolute atomic E-state index is 0. The maximum Gasteiger partial charge on any atom is 0.319 e. The number of amides is 3. The maximum absolute atomic E-state index is 12.3. The van der Waals surface area contributed by atoms with Gasteiger partial charge in [-0.15, -0.1) is 12.4 Å². The van der Waals surface area contributed by atoms with E-state index in [1.165, 1.54) is 0 Å². The van der Waals surface area contributed by atoms with Gasteiger partial charge in [0.15, 0.2) is 0 Å². The average molecular weight is 423 g/mol. The van der Waals surface area contributed by atoms with Crippen molar-refractivity contribution < 1.29 is 9.59 Å². The average Bonchev–Trinajstić information content (AvgIpc) is 3.09. The number of urea groups is 1. The van der Waals surface area contributed by atoms with Crippen molar-refractivity contribution in [1.82, 2.24) is 5.32 Å². The van der Waals surface area contributed by atoms with Crippen LogP contribution in [0.5, 0.6) is 0 Å². The molecule has 28 heavy (non-hydrogen) atoms. The van der Waals surface area contributed by atoms with Crippen molar-refractivity contribution in [3.63, 3.8) is 0 Å². The lowest BCUT2D eigenvalue weighted by Gasteiger charge is -2.12. The highest BCUT2D eigenvalue weighted by Crippen LogP contribution is 2.25. The molecule has 150 valence electrons. The minimum Gasteiger partial charge on any atom is -0.334 e. The second kappa shape index (κ2) is 10.3. The van der Waals surface area contributed by atoms with E-state index in [2.05, 4.69) is 16.0 Å². The van der Waals surface area contributed by atoms with Gasteiger partial charge in [-0.1, -0.05) is 35.9 Å². The Labute approximate surface area is 175 Å². The van der Waals surface area contributed by atoms with Crippen LogP contribution >= 0.6 is 24.0 Å². The van der Waals surface area contributed by atoms with E-state index in [-0.39, 0.29) is 36.3 Å². The zero-order valence-electron chi connectivity index (χ0n) is 15.3. The van der Waals surface area contributed by atoms with Crippen molar-refractivity contribution >= 4 is 47.3 Å². The summed E-state index contributed by atoms with van der Waals surface area (Å²) < 4.78 is 0. The highest BCUT2D eigenvalue weighted by molar-refractivity contribution is 6.33. The molecule has 3 amide bonds. The first-order valence-corrected chi connectivity index (χ1v) is 9.34. The molecule has 2 aromatic rings. The van der Waals surface area contributed by atoms with Crippen LogP contribution in [0.15, 0.2) is 48.5 Å². The fourth-order valence-electron chi connectivity index (χ4n) is 3.17. The molecule has 2 aromatic carbocycles. The molecule has 0 radical (unpaired) electrons. The number of para-hydroxylation sites is 1. The Kier molecular flexibility index (Phi) is 8.11. The van der Waals surface area contributed by atoms with Crippen molar-refractivity contribution in [3.8, 4) is 0 Å². The summed E-state index contributed by atoms with van der Waals surface area (Å²) in [6.45, 7) is 0.328. The summed E-state index contributed by atoms with van der Waals surface area (Å²) in [6.07, 6.45) is 2.45. The summed E-state index contributed by atoms with van der Waals surface area (Å²) in [4.78, 5) is 24.4. The van der Waals surface area contributed by atoms with Crippen LogP contribution in [-0.4, -0.2) is 18.0 Å². The Hall–Kier alpha value is -2.28. The summed E-state index contributed by atoms with van der Waals surface area (Å²) in [5, 5.41) is 8.90. The van der Waals surface area contributed by atoms with Gasteiger partial charge in [0.1, 0.15) is 0 Å². The number of hydrogen-bond donors (Lipinski definition) is 4. The molecule has 5 N–H and O–H groups in total. The molecule has 2 atom stereocenters. The molecule has 0 saturated heterocycles. The first-order valence-electron chi connectivity index (χ1n) is 8.96. The zero-order valence-corrected chi connectivity index (χ0v) is 16.9. The van der Waals surface area contributed by atoms with Gasteiger partial charge in [-0.05, 0) is 49.1 Å². The Morgan fingerprint density at radius 2 is 1.86 bits per heavy atom. The van der Waals surface area contributed by atoms with Gasteiger partial charge in [-0.2, -0.15) is 0 Å². The molecule has 6 nitrogen and oxygen atoms in total. The third-order valence-electron chi connectivity index (χ3n) is 4.61. The second-order valence-electron chi connectivity index (χ2n) is 6.75. The van der Waals surface area contributed by atoms with Crippen molar-refractivity contribution in [2.24, 2.45) is 11.7 Å². The van der Waals surface area contributed by atoms with Gasteiger partial charge < -0.3 is 21.7 Å². The molecule has 0 heterocycles. The molecule has 2 unspecified atom stereocenters. The smallest absolute Gasteiger partial charge is 0.319 e. The lowest BCUT2D eigenvalue weighted by molar-refractivity contribution is -0.119. The largest absolute Gasteiger partial charge is 0.334 e. The van der Waals surface area contributed by atoms with E-state index in [1.807, 2.05) is 24.3 Å². The molecule has 8 heteroatoms. The van der Waals surface area contributed by atoms with Crippen molar-refractivity contribution in [2.75, 3.05) is 10.6 Å². The quantitative estimate of drug-likeness (QED) is 0.582. The first kappa shape index (κ1) is 22.0. The summed E-state index contributed by atoms with van der Waals surface area (Å²) in [5.41, 5.74) is 8.02. The van der Waals surface area contributed by atoms with Gasteiger partial charge in [0.05, 0.1) is 10.7 Å². The number of carbonyl (C=O) groups excluding carboxylic acids is 2. The number of rotatable bonds is 5. The van der Waals surface area contributed by atoms with Crippen LogP contribution in [0.2, 0.25) is 5.02 Å². The molecule has 1 aliphatic carbocycles. The monoisotopic (exact) mass is 422 g/mol. The van der Waals surface area contributed by atoms with E-state index in [4.69, 9.17) is 17.3 Å². The van der Waals surface area contributed by atoms with E-state index >= 15 is 0 Å². The van der Waals surface area contributed by atoms with Crippen molar-refractivity contribution in [1.29, 1.82) is 0 Å². The van der Waals surface area contributed by atoms with Crippen LogP contribution < -0.4 is 21.7 Å². The third kappa shape index (κ3) is 6.12. The summed E-state index contributed by atoms with van der Waals surface area (Å²) in [6, 6.07) is 14.2. The maximum atomic E-state index is 12.3. The number of halogens is 2. The number of nitrogens with two attached hydrogens (primary N) is 1. The molecular formula is C20H24Cl2N4O2. The third-order valence-corrected chi connectivity index (χ3v) is 4.94. The van der Waals surface area contributed by atoms with Gasteiger partial charge in [-0.3, -0.25) is 4.79 Å². The number of anilines is 2. The highest BCUT2D eigenvalue weighted by atomic mass is 35.5. The minimum atomic E-state index is -0.350. The SMILES string of the molecule is Cl.NC1CCC(C(=O)Nc2cccc(CNC(=O)Nc3ccccc3Cl)c2)C1. The highest BCUT2D eigenvalue weighted by Gasteiger charge is 2.27. The number of hydrogen-bond acceptors (Lipinski definition) is 3. The van der Waals surface area contributed by atoms with E-state index in [9.17, 15) is 9.59 Å². The lowest BCUT2D eigenvalue weighted by Crippen LogP contribution is -2.28. The Morgan fingerprint density at radius 1 is 1.07 bits per heavy atom. The molecule has 1 saturated carbocycles. The van der Waals surface area contributed by atoms with E-state index < -0.39 is 0 Å². The molecule has 0 spiro atoms. The fourth-order valence-corrected chi connectivity index (χ4v) is 3.35. The fraction of sp³-hybridized carbons (Fsp3) is 0.300. The van der Waals surface area contributed by atoms with Crippen LogP contribution in [0, 0.1) is 5.92 Å². The first-order chi connectivity index (χ1) is 13.0. The molecule has 0 aromatic heterocycles. The predicted octanol–water partition coefficient (Wildman–Crippen LogP) is 4.15. The van der Waals surface area contributed by atoms with E-state index in [0.717, 1.165) is 24.8 Å². The topological polar surface area (TPSA) is 96.2 Å². The number of carbonyl (C=O) groups is 2. The van der Waals surface area contributed by atoms with Crippen LogP contribution in [0.4, 0.5) is 16.2 Å². The van der Waals surface area contributed by atoms with Gasteiger partial charge in [-0.25, -0.2) is 4.79 Å². The normalized spacial score (nSPS) is 18.1. The lowest BCUT2D eigenvalue weighted by atomic mass is 10.1. The standard InChI is InChI=1S/C20H23ClN4O2.ClH/c21-17-6-1-2-7-18(17)25-20(27)23-12-13-4-3-5-16(10-13)24-19(26)14-8-9-15(22)11-14;/h1-7,10,14-15H,8-9,11-12,22H2,(H,24,26)(H2,23,25,27);1H. The van der Waals surface area contributed by atoms with E-state index in [0.29, 0.717) is 22.9 Å². The number of benzene rings is 2. The van der Waals surface area contributed by atoms with Crippen LogP contribution in [-0.2, 0) is 11.3 Å². The van der Waals surface area contributed by atoms with Crippen molar-refractivity contribution in [2.45, 2.75) is 31.8 Å². The van der Waals surface area contributed by atoms with Gasteiger partial charge >= 0.3 is 6.03 Å². The summed E-state index contributed by atoms with van der Waals surface area (Å²) in [7, 11) is 0. The summed E-state index contributed by atoms with van der Waals surface area (Å²) >= 11 is 6.03. The Bertz CT molecular complexity index is 831. The van der Waals surface area contributed by atoms with Gasteiger partial charge in [0, 0.05) is 24.2 Å². The van der Waals surface area contributed by atoms with Crippen LogP contribution in [0.3, 0.4) is 0 Å². The Morgan fingerprint density at radius 3 is 2.57 bits per heavy atom. The molecule has 1 fully saturated rings. The zero-order chi connectivity index (χ0) is 19.2. The van der Waals surface area contributed by atoms with Gasteiger partial charge in [0.25, 0.3) is 0 Å². The second-order valence-corrected chi connectivity index (χ2v) is 7.15. The van der Waals surface area contributed by atoms with Crippen molar-refractivity contribution in [3.05, 3.63) is 59.1 Å². The molecule has 1 aliphatic rings. The van der Waals surface area contributed by atoms with Crippen LogP contribution in [0.25, 0.3) is 0 Å². The molecule has 0 bridgehead atoms. The molecular weight excluding hydrogens is 399 g/mol. The number of nitrogens with one attached hydrogen (secondary N) is 3. The molecule has 3 rings (SSSR count). The molecule has 0 aliphatic heterocycles. The van der Waals surface area contributed by atoms with Crippen LogP contribution in [0.1, 0.15) is 24.8 Å².